The third kappa shape index (κ3) is 5.32. The summed E-state index contributed by atoms with van der Waals surface area (Å²) in [5.74, 6) is 0.456. The summed E-state index contributed by atoms with van der Waals surface area (Å²) in [7, 11) is -2.89. The lowest BCUT2D eigenvalue weighted by Gasteiger charge is -2.26. The van der Waals surface area contributed by atoms with E-state index in [0.717, 1.165) is 23.4 Å². The molecule has 1 aromatic carbocycles. The number of benzene rings is 1. The Balaban J connectivity index is 1.87. The maximum atomic E-state index is 12.1. The predicted octanol–water partition coefficient (Wildman–Crippen LogP) is 2.14. The van der Waals surface area contributed by atoms with Gasteiger partial charge in [0.1, 0.15) is 0 Å². The Labute approximate surface area is 139 Å². The number of carbonyl (C=O) groups excluding carboxylic acids is 1. The summed E-state index contributed by atoms with van der Waals surface area (Å²) >= 11 is 0. The summed E-state index contributed by atoms with van der Waals surface area (Å²) in [4.78, 5) is 14.2. The average Bonchev–Trinajstić information content (AvgIpc) is 2.78. The molecule has 1 unspecified atom stereocenters. The molecule has 0 saturated carbocycles. The van der Waals surface area contributed by atoms with Gasteiger partial charge in [0.05, 0.1) is 11.5 Å². The van der Waals surface area contributed by atoms with Crippen molar-refractivity contribution in [2.75, 3.05) is 29.9 Å². The molecule has 0 spiro atoms. The van der Waals surface area contributed by atoms with Crippen molar-refractivity contribution in [1.29, 1.82) is 0 Å². The molecule has 6 heteroatoms. The van der Waals surface area contributed by atoms with Gasteiger partial charge in [0.2, 0.25) is 5.91 Å². The minimum atomic E-state index is -2.89. The van der Waals surface area contributed by atoms with Crippen LogP contribution in [0.1, 0.15) is 30.9 Å². The van der Waals surface area contributed by atoms with Crippen LogP contribution in [0.5, 0.6) is 0 Å². The lowest BCUT2D eigenvalue weighted by Crippen LogP contribution is -2.38. The molecule has 0 bridgehead atoms. The third-order valence-electron chi connectivity index (χ3n) is 4.26. The van der Waals surface area contributed by atoms with Gasteiger partial charge in [-0.3, -0.25) is 9.69 Å². The average molecular weight is 338 g/mol. The third-order valence-corrected chi connectivity index (χ3v) is 6.01. The van der Waals surface area contributed by atoms with Crippen LogP contribution in [0.15, 0.2) is 18.2 Å². The zero-order valence-electron chi connectivity index (χ0n) is 14.1. The van der Waals surface area contributed by atoms with Gasteiger partial charge in [-0.1, -0.05) is 13.0 Å². The fourth-order valence-corrected chi connectivity index (χ4v) is 4.94. The fraction of sp³-hybridized carbons (Fsp3) is 0.588. The van der Waals surface area contributed by atoms with Crippen LogP contribution >= 0.6 is 0 Å². The Kier molecular flexibility index (Phi) is 5.81. The highest BCUT2D eigenvalue weighted by molar-refractivity contribution is 7.91. The molecule has 1 N–H and O–H groups in total. The lowest BCUT2D eigenvalue weighted by atomic mass is 10.1. The van der Waals surface area contributed by atoms with Crippen molar-refractivity contribution in [3.05, 3.63) is 29.3 Å². The van der Waals surface area contributed by atoms with E-state index in [1.807, 2.05) is 32.9 Å². The van der Waals surface area contributed by atoms with Crippen molar-refractivity contribution in [3.8, 4) is 0 Å². The van der Waals surface area contributed by atoms with Crippen molar-refractivity contribution < 1.29 is 13.2 Å². The van der Waals surface area contributed by atoms with E-state index in [4.69, 9.17) is 0 Å². The summed E-state index contributed by atoms with van der Waals surface area (Å²) in [6.07, 6.45) is 1.05. The Morgan fingerprint density at radius 3 is 2.43 bits per heavy atom. The number of anilines is 1. The topological polar surface area (TPSA) is 66.5 Å². The highest BCUT2D eigenvalue weighted by Gasteiger charge is 2.31. The van der Waals surface area contributed by atoms with E-state index in [0.29, 0.717) is 19.4 Å². The van der Waals surface area contributed by atoms with Gasteiger partial charge in [-0.25, -0.2) is 8.42 Å². The van der Waals surface area contributed by atoms with Crippen LogP contribution in [-0.4, -0.2) is 49.9 Å². The second-order valence-corrected chi connectivity index (χ2v) is 8.59. The molecule has 0 aliphatic carbocycles. The Hall–Kier alpha value is -1.40. The van der Waals surface area contributed by atoms with Crippen molar-refractivity contribution >= 4 is 21.4 Å². The summed E-state index contributed by atoms with van der Waals surface area (Å²) in [5.41, 5.74) is 3.05. The van der Waals surface area contributed by atoms with E-state index >= 15 is 0 Å². The van der Waals surface area contributed by atoms with Crippen LogP contribution in [0.3, 0.4) is 0 Å². The number of aryl methyl sites for hydroxylation is 2. The van der Waals surface area contributed by atoms with Crippen molar-refractivity contribution in [3.63, 3.8) is 0 Å². The van der Waals surface area contributed by atoms with Gasteiger partial charge in [0.15, 0.2) is 9.84 Å². The Morgan fingerprint density at radius 2 is 1.91 bits per heavy atom. The van der Waals surface area contributed by atoms with Crippen LogP contribution in [0, 0.1) is 13.8 Å². The van der Waals surface area contributed by atoms with Crippen LogP contribution in [0.4, 0.5) is 5.69 Å². The highest BCUT2D eigenvalue weighted by atomic mass is 32.2. The Bertz CT molecular complexity index is 650. The van der Waals surface area contributed by atoms with E-state index in [1.54, 1.807) is 0 Å². The molecule has 1 fully saturated rings. The van der Waals surface area contributed by atoms with E-state index < -0.39 is 9.84 Å². The fourth-order valence-electron chi connectivity index (χ4n) is 3.18. The molecule has 1 heterocycles. The van der Waals surface area contributed by atoms with Crippen molar-refractivity contribution in [2.24, 2.45) is 0 Å². The summed E-state index contributed by atoms with van der Waals surface area (Å²) in [6.45, 7) is 7.36. The summed E-state index contributed by atoms with van der Waals surface area (Å²) in [5, 5.41) is 2.93. The molecule has 1 aromatic rings. The van der Waals surface area contributed by atoms with E-state index in [9.17, 15) is 13.2 Å². The first-order valence-electron chi connectivity index (χ1n) is 8.11. The van der Waals surface area contributed by atoms with Gasteiger partial charge in [-0.2, -0.15) is 0 Å². The van der Waals surface area contributed by atoms with Gasteiger partial charge in [-0.05, 0) is 50.1 Å². The maximum absolute atomic E-state index is 12.1. The lowest BCUT2D eigenvalue weighted by molar-refractivity contribution is -0.116. The van der Waals surface area contributed by atoms with E-state index in [-0.39, 0.29) is 23.5 Å². The first-order valence-corrected chi connectivity index (χ1v) is 9.94. The molecule has 1 aliphatic rings. The zero-order valence-corrected chi connectivity index (χ0v) is 14.9. The van der Waals surface area contributed by atoms with Gasteiger partial charge in [0.25, 0.3) is 0 Å². The summed E-state index contributed by atoms with van der Waals surface area (Å²) < 4.78 is 23.2. The summed E-state index contributed by atoms with van der Waals surface area (Å²) in [6, 6.07) is 6.02. The molecule has 1 aliphatic heterocycles. The second-order valence-electron chi connectivity index (χ2n) is 6.36. The first kappa shape index (κ1) is 17.9. The SMILES string of the molecule is CCN(CCC(=O)Nc1cc(C)cc(C)c1)C1CCS(=O)(=O)C1. The largest absolute Gasteiger partial charge is 0.326 e. The normalized spacial score (nSPS) is 19.9. The number of hydrogen-bond acceptors (Lipinski definition) is 4. The van der Waals surface area contributed by atoms with E-state index in [2.05, 4.69) is 16.3 Å². The molecule has 5 nitrogen and oxygen atoms in total. The van der Waals surface area contributed by atoms with Crippen molar-refractivity contribution in [2.45, 2.75) is 39.7 Å². The molecule has 128 valence electrons. The van der Waals surface area contributed by atoms with Crippen LogP contribution in [-0.2, 0) is 14.6 Å². The molecule has 1 amide bonds. The van der Waals surface area contributed by atoms with Gasteiger partial charge in [-0.15, -0.1) is 0 Å². The van der Waals surface area contributed by atoms with Gasteiger partial charge < -0.3 is 5.32 Å². The van der Waals surface area contributed by atoms with Gasteiger partial charge in [0, 0.05) is 24.7 Å². The quantitative estimate of drug-likeness (QED) is 0.863. The molecule has 0 aromatic heterocycles. The molecule has 1 saturated heterocycles. The molecule has 0 radical (unpaired) electrons. The smallest absolute Gasteiger partial charge is 0.225 e. The van der Waals surface area contributed by atoms with Crippen LogP contribution in [0.25, 0.3) is 0 Å². The molecule has 2 rings (SSSR count). The number of sulfone groups is 1. The predicted molar refractivity (Wildman–Crippen MR) is 93.5 cm³/mol. The highest BCUT2D eigenvalue weighted by Crippen LogP contribution is 2.18. The number of nitrogens with one attached hydrogen (secondary N) is 1. The molecule has 23 heavy (non-hydrogen) atoms. The maximum Gasteiger partial charge on any atom is 0.225 e. The first-order chi connectivity index (χ1) is 10.8. The van der Waals surface area contributed by atoms with Crippen LogP contribution < -0.4 is 5.32 Å². The number of hydrogen-bond donors (Lipinski definition) is 1. The molecular weight excluding hydrogens is 312 g/mol. The molecular formula is C17H26N2O3S. The Morgan fingerprint density at radius 1 is 1.26 bits per heavy atom. The standard InChI is InChI=1S/C17H26N2O3S/c1-4-19(16-6-8-23(21,22)12-16)7-5-17(20)18-15-10-13(2)9-14(3)11-15/h9-11,16H,4-8,12H2,1-3H3,(H,18,20). The monoisotopic (exact) mass is 338 g/mol. The van der Waals surface area contributed by atoms with E-state index in [1.165, 1.54) is 0 Å². The number of nitrogens with zero attached hydrogens (tertiary/aromatic N) is 1. The number of rotatable bonds is 6. The zero-order chi connectivity index (χ0) is 17.0. The number of carbonyl (C=O) groups is 1. The number of amides is 1. The second kappa shape index (κ2) is 7.45. The minimum absolute atomic E-state index is 0.0331. The van der Waals surface area contributed by atoms with Crippen molar-refractivity contribution in [1.82, 2.24) is 4.90 Å². The molecule has 1 atom stereocenters. The van der Waals surface area contributed by atoms with Gasteiger partial charge >= 0.3 is 0 Å². The minimum Gasteiger partial charge on any atom is -0.326 e. The van der Waals surface area contributed by atoms with Crippen LogP contribution in [0.2, 0.25) is 0 Å².